The monoisotopic (exact) mass is 369 g/mol. The Bertz CT molecular complexity index is 583. The van der Waals surface area contributed by atoms with Crippen molar-refractivity contribution in [3.05, 3.63) is 68.9 Å². The quantitative estimate of drug-likeness (QED) is 0.705. The summed E-state index contributed by atoms with van der Waals surface area (Å²) < 4.78 is 14.8. The molecule has 0 amide bonds. The molecule has 0 aliphatic rings. The summed E-state index contributed by atoms with van der Waals surface area (Å²) in [5, 5.41) is 4.15. The van der Waals surface area contributed by atoms with Crippen molar-refractivity contribution in [2.75, 3.05) is 6.54 Å². The number of nitrogens with one attached hydrogen (secondary N) is 1. The summed E-state index contributed by atoms with van der Waals surface area (Å²) >= 11 is 9.59. The Morgan fingerprint density at radius 1 is 1.24 bits per heavy atom. The van der Waals surface area contributed by atoms with E-state index in [9.17, 15) is 4.39 Å². The fraction of sp³-hybridized carbons (Fsp3) is 0.294. The van der Waals surface area contributed by atoms with Crippen molar-refractivity contribution in [3.8, 4) is 0 Å². The van der Waals surface area contributed by atoms with Gasteiger partial charge in [-0.05, 0) is 54.8 Å². The average Bonchev–Trinajstić information content (AvgIpc) is 2.44. The molecule has 4 heteroatoms. The zero-order chi connectivity index (χ0) is 15.2. The van der Waals surface area contributed by atoms with Gasteiger partial charge >= 0.3 is 0 Å². The van der Waals surface area contributed by atoms with Crippen molar-refractivity contribution in [2.45, 2.75) is 25.8 Å². The van der Waals surface area contributed by atoms with Crippen LogP contribution in [0.3, 0.4) is 0 Å². The SMILES string of the molecule is CCCNC(Cc1ccccc1F)c1cc(Cl)cc(Br)c1. The predicted molar refractivity (Wildman–Crippen MR) is 90.3 cm³/mol. The summed E-state index contributed by atoms with van der Waals surface area (Å²) in [6.45, 7) is 2.99. The summed E-state index contributed by atoms with van der Waals surface area (Å²) in [4.78, 5) is 0. The van der Waals surface area contributed by atoms with Gasteiger partial charge < -0.3 is 5.32 Å². The van der Waals surface area contributed by atoms with Crippen LogP contribution in [-0.4, -0.2) is 6.54 Å². The Kier molecular flexibility index (Phi) is 6.22. The molecule has 112 valence electrons. The second-order valence-corrected chi connectivity index (χ2v) is 6.36. The van der Waals surface area contributed by atoms with Gasteiger partial charge in [0.1, 0.15) is 5.82 Å². The summed E-state index contributed by atoms with van der Waals surface area (Å²) in [5.41, 5.74) is 1.77. The summed E-state index contributed by atoms with van der Waals surface area (Å²) in [5.74, 6) is -0.165. The first kappa shape index (κ1) is 16.5. The molecule has 0 spiro atoms. The maximum absolute atomic E-state index is 13.9. The molecule has 21 heavy (non-hydrogen) atoms. The molecule has 0 fully saturated rings. The van der Waals surface area contributed by atoms with Gasteiger partial charge in [0.2, 0.25) is 0 Å². The van der Waals surface area contributed by atoms with E-state index in [1.807, 2.05) is 30.3 Å². The minimum Gasteiger partial charge on any atom is -0.310 e. The van der Waals surface area contributed by atoms with E-state index in [0.29, 0.717) is 17.0 Å². The fourth-order valence-corrected chi connectivity index (χ4v) is 3.17. The van der Waals surface area contributed by atoms with Gasteiger partial charge in [0, 0.05) is 15.5 Å². The van der Waals surface area contributed by atoms with Crippen molar-refractivity contribution in [3.63, 3.8) is 0 Å². The lowest BCUT2D eigenvalue weighted by molar-refractivity contribution is 0.513. The minimum atomic E-state index is -0.165. The highest BCUT2D eigenvalue weighted by atomic mass is 79.9. The summed E-state index contributed by atoms with van der Waals surface area (Å²) in [6, 6.07) is 12.8. The largest absolute Gasteiger partial charge is 0.310 e. The van der Waals surface area contributed by atoms with Gasteiger partial charge in [-0.1, -0.05) is 52.7 Å². The van der Waals surface area contributed by atoms with Crippen LogP contribution in [0.5, 0.6) is 0 Å². The molecular formula is C17H18BrClFN. The molecule has 0 aliphatic heterocycles. The van der Waals surface area contributed by atoms with Crippen molar-refractivity contribution in [1.29, 1.82) is 0 Å². The Morgan fingerprint density at radius 3 is 2.67 bits per heavy atom. The summed E-state index contributed by atoms with van der Waals surface area (Å²) in [7, 11) is 0. The first-order chi connectivity index (χ1) is 10.1. The van der Waals surface area contributed by atoms with Gasteiger partial charge in [0.15, 0.2) is 0 Å². The zero-order valence-electron chi connectivity index (χ0n) is 11.9. The molecule has 0 aromatic heterocycles. The van der Waals surface area contributed by atoms with Crippen LogP contribution in [0.1, 0.15) is 30.5 Å². The standard InChI is InChI=1S/C17H18BrClFN/c1-2-7-21-17(10-12-5-3-4-6-16(12)20)13-8-14(18)11-15(19)9-13/h3-6,8-9,11,17,21H,2,7,10H2,1H3. The lowest BCUT2D eigenvalue weighted by atomic mass is 9.98. The van der Waals surface area contributed by atoms with Crippen LogP contribution in [-0.2, 0) is 6.42 Å². The molecule has 0 heterocycles. The molecular weight excluding hydrogens is 353 g/mol. The van der Waals surface area contributed by atoms with Gasteiger partial charge in [-0.2, -0.15) is 0 Å². The van der Waals surface area contributed by atoms with Gasteiger partial charge in [-0.25, -0.2) is 4.39 Å². The second kappa shape index (κ2) is 7.92. The van der Waals surface area contributed by atoms with Crippen LogP contribution in [0.4, 0.5) is 4.39 Å². The lowest BCUT2D eigenvalue weighted by Gasteiger charge is -2.20. The Morgan fingerprint density at radius 2 is 2.00 bits per heavy atom. The normalized spacial score (nSPS) is 12.4. The summed E-state index contributed by atoms with van der Waals surface area (Å²) in [6.07, 6.45) is 1.62. The molecule has 2 rings (SSSR count). The fourth-order valence-electron chi connectivity index (χ4n) is 2.29. The molecule has 0 saturated carbocycles. The maximum atomic E-state index is 13.9. The third kappa shape index (κ3) is 4.80. The molecule has 1 atom stereocenters. The van der Waals surface area contributed by atoms with Crippen LogP contribution in [0.25, 0.3) is 0 Å². The highest BCUT2D eigenvalue weighted by Gasteiger charge is 2.15. The van der Waals surface area contributed by atoms with E-state index in [-0.39, 0.29) is 11.9 Å². The predicted octanol–water partition coefficient (Wildman–Crippen LogP) is 5.53. The van der Waals surface area contributed by atoms with Crippen LogP contribution in [0, 0.1) is 5.82 Å². The Balaban J connectivity index is 2.27. The maximum Gasteiger partial charge on any atom is 0.126 e. The van der Waals surface area contributed by atoms with E-state index in [1.165, 1.54) is 6.07 Å². The van der Waals surface area contributed by atoms with Gasteiger partial charge in [-0.3, -0.25) is 0 Å². The van der Waals surface area contributed by atoms with E-state index in [0.717, 1.165) is 23.0 Å². The third-order valence-electron chi connectivity index (χ3n) is 3.31. The number of rotatable bonds is 6. The molecule has 0 radical (unpaired) electrons. The molecule has 0 aliphatic carbocycles. The van der Waals surface area contributed by atoms with Gasteiger partial charge in [-0.15, -0.1) is 0 Å². The van der Waals surface area contributed by atoms with E-state index in [2.05, 4.69) is 28.2 Å². The van der Waals surface area contributed by atoms with Crippen LogP contribution < -0.4 is 5.32 Å². The number of hydrogen-bond donors (Lipinski definition) is 1. The number of benzene rings is 2. The molecule has 1 N–H and O–H groups in total. The van der Waals surface area contributed by atoms with Crippen LogP contribution >= 0.6 is 27.5 Å². The van der Waals surface area contributed by atoms with Crippen molar-refractivity contribution in [2.24, 2.45) is 0 Å². The molecule has 1 nitrogen and oxygen atoms in total. The Hall–Kier alpha value is -0.900. The first-order valence-corrected chi connectivity index (χ1v) is 8.20. The van der Waals surface area contributed by atoms with Crippen molar-refractivity contribution < 1.29 is 4.39 Å². The molecule has 0 bridgehead atoms. The molecule has 0 saturated heterocycles. The number of hydrogen-bond acceptors (Lipinski definition) is 1. The molecule has 2 aromatic rings. The average molecular weight is 371 g/mol. The van der Waals surface area contributed by atoms with E-state index < -0.39 is 0 Å². The van der Waals surface area contributed by atoms with E-state index in [4.69, 9.17) is 11.6 Å². The smallest absolute Gasteiger partial charge is 0.126 e. The van der Waals surface area contributed by atoms with Crippen LogP contribution in [0.15, 0.2) is 46.9 Å². The van der Waals surface area contributed by atoms with Gasteiger partial charge in [0.25, 0.3) is 0 Å². The van der Waals surface area contributed by atoms with Gasteiger partial charge in [0.05, 0.1) is 0 Å². The second-order valence-electron chi connectivity index (χ2n) is 5.01. The van der Waals surface area contributed by atoms with Crippen molar-refractivity contribution in [1.82, 2.24) is 5.32 Å². The molecule has 2 aromatic carbocycles. The zero-order valence-corrected chi connectivity index (χ0v) is 14.2. The first-order valence-electron chi connectivity index (χ1n) is 7.03. The highest BCUT2D eigenvalue weighted by molar-refractivity contribution is 9.10. The Labute approximate surface area is 138 Å². The minimum absolute atomic E-state index is 0.0387. The van der Waals surface area contributed by atoms with E-state index in [1.54, 1.807) is 6.07 Å². The topological polar surface area (TPSA) is 12.0 Å². The lowest BCUT2D eigenvalue weighted by Crippen LogP contribution is -2.24. The van der Waals surface area contributed by atoms with Crippen LogP contribution in [0.2, 0.25) is 5.02 Å². The highest BCUT2D eigenvalue weighted by Crippen LogP contribution is 2.26. The van der Waals surface area contributed by atoms with Crippen molar-refractivity contribution >= 4 is 27.5 Å². The number of halogens is 3. The van der Waals surface area contributed by atoms with E-state index >= 15 is 0 Å². The third-order valence-corrected chi connectivity index (χ3v) is 3.99. The molecule has 1 unspecified atom stereocenters.